The van der Waals surface area contributed by atoms with Crippen molar-refractivity contribution in [2.24, 2.45) is 52.8 Å². The number of esters is 1. The molecule has 0 radical (unpaired) electrons. The highest BCUT2D eigenvalue weighted by atomic mass is 16.8. The molecule has 6 N–H and O–H groups in total. The van der Waals surface area contributed by atoms with Crippen LogP contribution in [0, 0.1) is 52.8 Å². The highest BCUT2D eigenvalue weighted by molar-refractivity contribution is 6.26. The van der Waals surface area contributed by atoms with Crippen LogP contribution in [0.15, 0.2) is 58.9 Å². The SMILES string of the molecule is CCC[C@@H]1C=C[C@H]2C=C(C)[C@@H](O[C@@H]3C[C@](C)(O)[C@H](NC(C)=O)[C@@H](C)O3)[C@H](C)/C=C(/C)[C@H]3C=C[C@@H]4[C@@H](O[C@H]5CC[C@@H](O[C@@H]6C[C@H](O[C@H]7CC[C@H](O)[C@@H](C)O7)[C@H](O[C@@H]7C[C@H](O)[C@H](O)[C@H](C)O7)[C@H](C)O6)[C@@H](C)O5)[C@H](C)C[C@H](C)[C@H]4[C@]3(C)C(O)=C3C(=O)O[C@]2(C1)C3=O. The summed E-state index contributed by atoms with van der Waals surface area (Å²) in [6.07, 6.45) is 6.05. The molecular weight excluding hydrogens is 1130 g/mol. The van der Waals surface area contributed by atoms with Crippen molar-refractivity contribution in [2.45, 2.75) is 296 Å². The van der Waals surface area contributed by atoms with Gasteiger partial charge in [0.25, 0.3) is 0 Å². The van der Waals surface area contributed by atoms with Crippen LogP contribution < -0.4 is 5.32 Å². The molecule has 6 saturated heterocycles. The van der Waals surface area contributed by atoms with Gasteiger partial charge in [0.1, 0.15) is 23.5 Å². The van der Waals surface area contributed by atoms with Gasteiger partial charge < -0.3 is 83.0 Å². The number of aliphatic hydroxyl groups excluding tert-OH is 4. The van der Waals surface area contributed by atoms with E-state index < -0.39 is 145 Å². The van der Waals surface area contributed by atoms with Crippen LogP contribution >= 0.6 is 0 Å². The molecule has 4 aliphatic carbocycles. The number of carbonyl (C=O) groups excluding carboxylic acids is 3. The van der Waals surface area contributed by atoms with Gasteiger partial charge in [-0.15, -0.1) is 0 Å². The Morgan fingerprint density at radius 1 is 0.659 bits per heavy atom. The summed E-state index contributed by atoms with van der Waals surface area (Å²) in [5.41, 5.74) is -2.82. The molecule has 0 aromatic rings. The molecule has 1 saturated carbocycles. The highest BCUT2D eigenvalue weighted by Crippen LogP contribution is 2.61. The minimum Gasteiger partial charge on any atom is -0.511 e. The van der Waals surface area contributed by atoms with Crippen molar-refractivity contribution in [3.05, 3.63) is 58.9 Å². The molecule has 494 valence electrons. The van der Waals surface area contributed by atoms with E-state index in [-0.39, 0.29) is 90.6 Å². The van der Waals surface area contributed by atoms with Crippen molar-refractivity contribution in [1.29, 1.82) is 0 Å². The zero-order valence-corrected chi connectivity index (χ0v) is 54.3. The lowest BCUT2D eigenvalue weighted by molar-refractivity contribution is -0.346. The van der Waals surface area contributed by atoms with Crippen molar-refractivity contribution in [2.75, 3.05) is 0 Å². The first-order valence-corrected chi connectivity index (χ1v) is 33.1. The molecule has 30 atom stereocenters. The van der Waals surface area contributed by atoms with Crippen molar-refractivity contribution >= 4 is 17.7 Å². The van der Waals surface area contributed by atoms with Gasteiger partial charge in [-0.05, 0) is 110 Å². The van der Waals surface area contributed by atoms with Gasteiger partial charge in [0, 0.05) is 74.5 Å². The van der Waals surface area contributed by atoms with Crippen LogP contribution in [-0.2, 0) is 66.5 Å². The Balaban J connectivity index is 0.907. The summed E-state index contributed by atoms with van der Waals surface area (Å²) in [7, 11) is 0. The summed E-state index contributed by atoms with van der Waals surface area (Å²) in [5.74, 6) is -4.04. The number of ether oxygens (including phenoxy) is 11. The van der Waals surface area contributed by atoms with E-state index in [9.17, 15) is 35.1 Å². The van der Waals surface area contributed by atoms with E-state index >= 15 is 4.79 Å². The Morgan fingerprint density at radius 2 is 1.31 bits per heavy atom. The number of ketones is 1. The summed E-state index contributed by atoms with van der Waals surface area (Å²) in [6, 6.07) is -0.672. The number of hydrogen-bond acceptors (Lipinski definition) is 19. The molecule has 0 aromatic carbocycles. The average molecular weight is 1240 g/mol. The minimum absolute atomic E-state index is 0.0149. The third-order valence-corrected chi connectivity index (χ3v) is 21.6. The van der Waals surface area contributed by atoms with Crippen LogP contribution in [0.1, 0.15) is 168 Å². The summed E-state index contributed by atoms with van der Waals surface area (Å²) in [5, 5.41) is 59.4. The number of rotatable bonds is 13. The second-order valence-corrected chi connectivity index (χ2v) is 28.6. The first-order valence-electron chi connectivity index (χ1n) is 33.1. The molecule has 10 aliphatic rings. The average Bonchev–Trinajstić information content (AvgIpc) is 1.31. The zero-order valence-electron chi connectivity index (χ0n) is 54.3. The summed E-state index contributed by atoms with van der Waals surface area (Å²) in [6.45, 7) is 26.8. The molecule has 20 heteroatoms. The lowest BCUT2D eigenvalue weighted by Crippen LogP contribution is -2.62. The van der Waals surface area contributed by atoms with Crippen molar-refractivity contribution < 1.29 is 92.0 Å². The van der Waals surface area contributed by atoms with E-state index in [1.165, 1.54) is 6.92 Å². The molecule has 6 aliphatic heterocycles. The third kappa shape index (κ3) is 13.4. The number of Topliss-reactive ketones (excluding diaryl/α,β-unsaturated/α-hetero) is 1. The van der Waals surface area contributed by atoms with E-state index in [0.717, 1.165) is 30.4 Å². The molecule has 0 aromatic heterocycles. The Hall–Kier alpha value is -3.45. The number of fused-ring (bicyclic) bond motifs is 4. The van der Waals surface area contributed by atoms with Gasteiger partial charge in [-0.2, -0.15) is 0 Å². The predicted molar refractivity (Wildman–Crippen MR) is 321 cm³/mol. The fourth-order valence-electron chi connectivity index (χ4n) is 17.3. The second kappa shape index (κ2) is 26.9. The number of aliphatic hydroxyl groups is 5. The van der Waals surface area contributed by atoms with Crippen LogP contribution in [0.4, 0.5) is 0 Å². The standard InChI is InChI=1S/C68H103NO19/c1-15-16-43-17-18-44-27-36(6)59(87-55-31-66(13,77)62(41(11)82-55)69-42(12)70)34(4)25-32(2)46-20-19-45-57(67(46,14)63(74)56-64(75)68(44,30-43)88-65(56)76)33(3)26-35(5)60(45)85-52-24-22-49(38(8)79-52)83-54-29-50(84-51-23-21-47(71)37(7)78-51)61(40(10)81-54)86-53-28-48(72)58(73)39(9)80-53/h17-20,25,27,33-35,37-41,43-55,57-62,71-74,77H,15-16,21-24,26,28-31H2,1-14H3,(H,69,70)/b32-25-,36-27?,63-56?/t33-,34+,35+,37+,38+,39-,40-,41+,43+,44-,45-,46+,47-,48-,49+,50-,51-,52-,53+,54+,55+,57+,58+,59-,60-,61+,62+,66-,67+,68-/m0/s1. The summed E-state index contributed by atoms with van der Waals surface area (Å²) in [4.78, 5) is 42.8. The highest BCUT2D eigenvalue weighted by Gasteiger charge is 2.64. The molecule has 88 heavy (non-hydrogen) atoms. The minimum atomic E-state index is -1.63. The molecule has 10 rings (SSSR count). The van der Waals surface area contributed by atoms with E-state index in [4.69, 9.17) is 52.1 Å². The molecule has 20 nitrogen and oxygen atoms in total. The second-order valence-electron chi connectivity index (χ2n) is 28.6. The van der Waals surface area contributed by atoms with Gasteiger partial charge in [0.15, 0.2) is 37.1 Å². The van der Waals surface area contributed by atoms with E-state index in [1.807, 2.05) is 53.7 Å². The van der Waals surface area contributed by atoms with Crippen LogP contribution in [0.2, 0.25) is 0 Å². The van der Waals surface area contributed by atoms with Crippen molar-refractivity contribution in [1.82, 2.24) is 5.32 Å². The maximum absolute atomic E-state index is 15.7. The molecule has 2 bridgehead atoms. The normalized spacial score (nSPS) is 49.8. The summed E-state index contributed by atoms with van der Waals surface area (Å²) >= 11 is 0. The Morgan fingerprint density at radius 3 is 1.99 bits per heavy atom. The van der Waals surface area contributed by atoms with E-state index in [0.29, 0.717) is 25.7 Å². The molecule has 7 fully saturated rings. The topological polar surface area (TPSA) is 266 Å². The number of carbonyl (C=O) groups is 3. The predicted octanol–water partition coefficient (Wildman–Crippen LogP) is 8.02. The maximum Gasteiger partial charge on any atom is 0.346 e. The van der Waals surface area contributed by atoms with Crippen LogP contribution in [0.5, 0.6) is 0 Å². The van der Waals surface area contributed by atoms with Gasteiger partial charge in [-0.25, -0.2) is 4.79 Å². The van der Waals surface area contributed by atoms with Crippen molar-refractivity contribution in [3.63, 3.8) is 0 Å². The largest absolute Gasteiger partial charge is 0.511 e. The van der Waals surface area contributed by atoms with E-state index in [2.05, 4.69) is 57.3 Å². The lowest BCUT2D eigenvalue weighted by atomic mass is 9.49. The van der Waals surface area contributed by atoms with E-state index in [1.54, 1.807) is 20.8 Å². The van der Waals surface area contributed by atoms with Crippen LogP contribution in [0.3, 0.4) is 0 Å². The molecule has 1 spiro atoms. The fraction of sp³-hybridized carbons (Fsp3) is 0.809. The fourth-order valence-corrected chi connectivity index (χ4v) is 17.3. The third-order valence-electron chi connectivity index (χ3n) is 21.6. The Labute approximate surface area is 520 Å². The van der Waals surface area contributed by atoms with Gasteiger partial charge in [-0.1, -0.05) is 83.1 Å². The number of amides is 1. The Kier molecular flexibility index (Phi) is 20.6. The molecular formula is C68H103NO19. The lowest BCUT2D eigenvalue weighted by Gasteiger charge is -2.56. The van der Waals surface area contributed by atoms with Crippen molar-refractivity contribution in [3.8, 4) is 0 Å². The van der Waals surface area contributed by atoms with Crippen LogP contribution in [-0.4, -0.2) is 171 Å². The molecule has 0 unspecified atom stereocenters. The molecule has 1 amide bonds. The number of nitrogens with one attached hydrogen (secondary N) is 1. The first-order chi connectivity index (χ1) is 41.5. The van der Waals surface area contributed by atoms with Crippen LogP contribution in [0.25, 0.3) is 0 Å². The summed E-state index contributed by atoms with van der Waals surface area (Å²) < 4.78 is 72.4. The van der Waals surface area contributed by atoms with Gasteiger partial charge in [-0.3, -0.25) is 9.59 Å². The maximum atomic E-state index is 15.7. The zero-order chi connectivity index (χ0) is 63.6. The van der Waals surface area contributed by atoms with Gasteiger partial charge >= 0.3 is 5.97 Å². The quantitative estimate of drug-likeness (QED) is 0.0579. The number of hydrogen-bond donors (Lipinski definition) is 6. The van der Waals surface area contributed by atoms with Gasteiger partial charge in [0.05, 0.1) is 78.8 Å². The Bertz CT molecular complexity index is 2660. The monoisotopic (exact) mass is 1240 g/mol. The first kappa shape index (κ1) is 67.4. The smallest absolute Gasteiger partial charge is 0.346 e. The molecule has 6 heterocycles. The number of allylic oxidation sites excluding steroid dienone is 4. The van der Waals surface area contributed by atoms with Gasteiger partial charge in [0.2, 0.25) is 11.7 Å².